The highest BCUT2D eigenvalue weighted by Crippen LogP contribution is 2.21. The molecule has 1 aromatic carbocycles. The van der Waals surface area contributed by atoms with Crippen LogP contribution in [-0.2, 0) is 22.1 Å². The number of rotatable bonds is 6. The summed E-state index contributed by atoms with van der Waals surface area (Å²) in [4.78, 5) is 1.48. The van der Waals surface area contributed by atoms with E-state index in [2.05, 4.69) is 4.98 Å². The van der Waals surface area contributed by atoms with Gasteiger partial charge in [0.2, 0.25) is 10.0 Å². The molecule has 0 aliphatic rings. The molecule has 20 heavy (non-hydrogen) atoms. The lowest BCUT2D eigenvalue weighted by Gasteiger charge is -2.08. The lowest BCUT2D eigenvalue weighted by Crippen LogP contribution is -2.20. The van der Waals surface area contributed by atoms with E-state index in [1.54, 1.807) is 0 Å². The fourth-order valence-electron chi connectivity index (χ4n) is 1.42. The molecule has 0 aliphatic carbocycles. The summed E-state index contributed by atoms with van der Waals surface area (Å²) < 4.78 is 158. The topological polar surface area (TPSA) is 65.2 Å². The summed E-state index contributed by atoms with van der Waals surface area (Å²) in [5.74, 6) is -1.34. The number of likely N-dealkylation sites (N-methyl/N-ethyl adjacent to an activating group) is 1. The first-order chi connectivity index (χ1) is 16.2. The largest absolute Gasteiger partial charge is 0.361 e. The number of fused-ring (bicyclic) bond motifs is 1. The van der Waals surface area contributed by atoms with E-state index in [1.165, 1.54) is 4.72 Å². The maximum atomic E-state index is 12.3. The molecule has 0 amide bonds. The molecule has 110 valence electrons. The number of aromatic nitrogens is 1. The molecule has 5 nitrogen and oxygen atoms in total. The van der Waals surface area contributed by atoms with Crippen molar-refractivity contribution in [2.45, 2.75) is 12.1 Å². The summed E-state index contributed by atoms with van der Waals surface area (Å²) >= 11 is 0. The van der Waals surface area contributed by atoms with Crippen LogP contribution >= 0.6 is 0 Å². The molecule has 2 aromatic rings. The molecule has 0 bridgehead atoms. The van der Waals surface area contributed by atoms with E-state index in [4.69, 9.17) is 23.3 Å². The normalized spacial score (nSPS) is 28.1. The van der Waals surface area contributed by atoms with Crippen molar-refractivity contribution in [3.63, 3.8) is 0 Å². The van der Waals surface area contributed by atoms with Gasteiger partial charge in [-0.25, -0.2) is 13.1 Å². The molecule has 0 saturated carbocycles. The predicted molar refractivity (Wildman–Crippen MR) is 82.2 cm³/mol. The van der Waals surface area contributed by atoms with Gasteiger partial charge >= 0.3 is 0 Å². The van der Waals surface area contributed by atoms with Gasteiger partial charge in [-0.05, 0) is 50.5 Å². The van der Waals surface area contributed by atoms with Crippen molar-refractivity contribution in [3.8, 4) is 0 Å². The second kappa shape index (κ2) is 5.95. The Hall–Kier alpha value is -1.37. The number of H-pyrrole nitrogens is 1. The van der Waals surface area contributed by atoms with E-state index in [-0.39, 0.29) is 0 Å². The van der Waals surface area contributed by atoms with E-state index >= 15 is 0 Å². The number of hydrogen-bond donors (Lipinski definition) is 2. The number of nitrogens with zero attached hydrogens (tertiary/aromatic N) is 1. The van der Waals surface area contributed by atoms with Gasteiger partial charge in [-0.2, -0.15) is 0 Å². The van der Waals surface area contributed by atoms with Crippen LogP contribution in [0.15, 0.2) is 24.3 Å². The number of aryl methyl sites for hydroxylation is 1. The first-order valence-electron chi connectivity index (χ1n) is 13.6. The number of hydrogen-bond acceptors (Lipinski definition) is 3. The molecule has 6 heteroatoms. The molecule has 0 fully saturated rings. The third kappa shape index (κ3) is 3.59. The highest BCUT2D eigenvalue weighted by Gasteiger charge is 2.11. The van der Waals surface area contributed by atoms with Crippen LogP contribution in [0.2, 0.25) is 0 Å². The van der Waals surface area contributed by atoms with E-state index < -0.39 is 101 Å². The monoisotopic (exact) mass is 312 g/mol. The van der Waals surface area contributed by atoms with Crippen molar-refractivity contribution in [1.82, 2.24) is 14.6 Å². The van der Waals surface area contributed by atoms with Crippen molar-refractivity contribution < 1.29 is 31.7 Å². The first kappa shape index (κ1) is 4.32. The summed E-state index contributed by atoms with van der Waals surface area (Å²) in [6, 6.07) is -2.74. The van der Waals surface area contributed by atoms with Crippen LogP contribution in [0, 0.1) is 0 Å². The van der Waals surface area contributed by atoms with Crippen molar-refractivity contribution in [3.05, 3.63) is 35.4 Å². The van der Waals surface area contributed by atoms with E-state index in [0.29, 0.717) is 0 Å². The molecule has 0 unspecified atom stereocenters. The Bertz CT molecular complexity index is 1290. The van der Waals surface area contributed by atoms with E-state index in [0.717, 1.165) is 0 Å². The van der Waals surface area contributed by atoms with Gasteiger partial charge in [0.1, 0.15) is 0 Å². The minimum absolute atomic E-state index is 0.575. The van der Waals surface area contributed by atoms with Crippen LogP contribution in [0.5, 0.6) is 0 Å². The van der Waals surface area contributed by atoms with Gasteiger partial charge in [-0.3, -0.25) is 0 Å². The van der Waals surface area contributed by atoms with Crippen LogP contribution in [-0.4, -0.2) is 45.7 Å². The van der Waals surface area contributed by atoms with Gasteiger partial charge < -0.3 is 9.88 Å². The molecule has 2 rings (SSSR count). The molecular formula is C14H21N3O2S. The molecule has 2 N–H and O–H groups in total. The number of sulfonamides is 1. The maximum Gasteiger partial charge on any atom is 0.215 e. The fourth-order valence-corrected chi connectivity index (χ4v) is 2.01. The second-order valence-electron chi connectivity index (χ2n) is 3.66. The molecule has 0 atom stereocenters. The van der Waals surface area contributed by atoms with E-state index in [9.17, 15) is 8.42 Å². The van der Waals surface area contributed by atoms with Crippen molar-refractivity contribution >= 4 is 20.9 Å². The van der Waals surface area contributed by atoms with Gasteiger partial charge in [-0.1, -0.05) is 6.04 Å². The maximum absolute atomic E-state index is 12.3. The molecular weight excluding hydrogens is 274 g/mol. The first-order valence-corrected chi connectivity index (χ1v) is 6.75. The van der Waals surface area contributed by atoms with Crippen molar-refractivity contribution in [2.75, 3.05) is 27.4 Å². The predicted octanol–water partition coefficient (Wildman–Crippen LogP) is 1.32. The Labute approximate surface area is 143 Å². The minimum atomic E-state index is -4.76. The Balaban J connectivity index is 2.93. The molecule has 0 radical (unpaired) electrons. The molecule has 0 spiro atoms. The SMILES string of the molecule is [2H]c1[nH]c2c([2H])c([2H])c(CS(=O)(=O)NC([2H])([2H])[2H])c([2H])c2c1C([2H])([2H])C([2H])([2H])N(C([2H])([2H])[2H])C([2H])([2H])[2H]. The number of benzene rings is 1. The van der Waals surface area contributed by atoms with Crippen LogP contribution < -0.4 is 4.72 Å². The molecule has 1 aromatic heterocycles. The quantitative estimate of drug-likeness (QED) is 0.845. The fraction of sp³-hybridized carbons (Fsp3) is 0.429. The third-order valence-electron chi connectivity index (χ3n) is 2.21. The zero-order valence-corrected chi connectivity index (χ0v) is 10.7. The summed E-state index contributed by atoms with van der Waals surface area (Å²) in [6.07, 6.45) is -4.69. The Kier molecular flexibility index (Phi) is 1.28. The number of aromatic amines is 1. The summed E-state index contributed by atoms with van der Waals surface area (Å²) in [7, 11) is -4.76. The Morgan fingerprint density at radius 3 is 3.10 bits per heavy atom. The summed E-state index contributed by atoms with van der Waals surface area (Å²) in [5.41, 5.74) is -2.48. The van der Waals surface area contributed by atoms with Crippen LogP contribution in [0.25, 0.3) is 10.9 Å². The van der Waals surface area contributed by atoms with Crippen molar-refractivity contribution in [1.29, 1.82) is 0 Å². The van der Waals surface area contributed by atoms with Gasteiger partial charge in [0.05, 0.1) is 11.2 Å². The molecule has 0 saturated heterocycles. The molecule has 1 heterocycles. The van der Waals surface area contributed by atoms with Gasteiger partial charge in [-0.15, -0.1) is 0 Å². The zero-order chi connectivity index (χ0) is 29.3. The van der Waals surface area contributed by atoms with Crippen molar-refractivity contribution in [2.24, 2.45) is 0 Å². The summed E-state index contributed by atoms with van der Waals surface area (Å²) in [5, 5.41) is -0.782. The Morgan fingerprint density at radius 2 is 2.35 bits per heavy atom. The van der Waals surface area contributed by atoms with Gasteiger partial charge in [0.15, 0.2) is 0 Å². The summed E-state index contributed by atoms with van der Waals surface area (Å²) in [6.45, 7) is -14.5. The van der Waals surface area contributed by atoms with Gasteiger partial charge in [0.25, 0.3) is 0 Å². The lowest BCUT2D eigenvalue weighted by atomic mass is 10.1. The van der Waals surface area contributed by atoms with E-state index in [1.807, 2.05) is 0 Å². The minimum Gasteiger partial charge on any atom is -0.361 e. The lowest BCUT2D eigenvalue weighted by molar-refractivity contribution is 0.414. The Morgan fingerprint density at radius 1 is 1.50 bits per heavy atom. The highest BCUT2D eigenvalue weighted by atomic mass is 32.2. The number of nitrogens with one attached hydrogen (secondary N) is 2. The zero-order valence-electron chi connectivity index (χ0n) is 26.9. The van der Waals surface area contributed by atoms with Crippen LogP contribution in [0.4, 0.5) is 0 Å². The molecule has 0 aliphatic heterocycles. The smallest absolute Gasteiger partial charge is 0.215 e. The highest BCUT2D eigenvalue weighted by molar-refractivity contribution is 7.88. The van der Waals surface area contributed by atoms with Crippen LogP contribution in [0.3, 0.4) is 0 Å². The van der Waals surface area contributed by atoms with Gasteiger partial charge in [0, 0.05) is 41.4 Å². The average Bonchev–Trinajstić information content (AvgIpc) is 2.96. The second-order valence-corrected chi connectivity index (χ2v) is 5.38. The average molecular weight is 313 g/mol. The standard InChI is InChI=1S/C14H21N3O2S/c1-15-20(18,19)10-11-4-5-14-13(8-11)12(9-16-14)6-7-17(2)3/h4-5,8-9,15-16H,6-7,10H2,1-3H3/i1D3,2D3,3D3,4D,5D,6D2,7D2,8D,9D. The van der Waals surface area contributed by atoms with Crippen LogP contribution in [0.1, 0.15) is 34.4 Å². The third-order valence-corrected chi connectivity index (χ3v) is 3.19.